The molecule has 1 aliphatic carbocycles. The molecule has 3 rings (SSSR count). The van der Waals surface area contributed by atoms with Crippen LogP contribution >= 0.6 is 0 Å². The first-order valence-corrected chi connectivity index (χ1v) is 9.15. The zero-order valence-electron chi connectivity index (χ0n) is 15.6. The average molecular weight is 350 g/mol. The lowest BCUT2D eigenvalue weighted by atomic mass is 9.95. The van der Waals surface area contributed by atoms with Gasteiger partial charge in [-0.05, 0) is 48.4 Å². The quantitative estimate of drug-likeness (QED) is 0.840. The van der Waals surface area contributed by atoms with E-state index in [9.17, 15) is 9.59 Å². The Morgan fingerprint density at radius 2 is 1.73 bits per heavy atom. The SMILES string of the molecule is Cc1ccc([C@@H](NC(=O)CNC(=O)[C@@H]2C[C@@H]2C)c2ccccc2)cc1C. The van der Waals surface area contributed by atoms with Crippen molar-refractivity contribution >= 4 is 11.8 Å². The molecule has 2 aromatic carbocycles. The molecule has 2 N–H and O–H groups in total. The summed E-state index contributed by atoms with van der Waals surface area (Å²) in [7, 11) is 0. The van der Waals surface area contributed by atoms with Gasteiger partial charge >= 0.3 is 0 Å². The summed E-state index contributed by atoms with van der Waals surface area (Å²) in [5.41, 5.74) is 4.47. The Morgan fingerprint density at radius 3 is 2.35 bits per heavy atom. The van der Waals surface area contributed by atoms with Crippen LogP contribution in [0.3, 0.4) is 0 Å². The van der Waals surface area contributed by atoms with E-state index in [4.69, 9.17) is 0 Å². The van der Waals surface area contributed by atoms with E-state index in [1.165, 1.54) is 11.1 Å². The predicted octanol–water partition coefficient (Wildman–Crippen LogP) is 3.28. The predicted molar refractivity (Wildman–Crippen MR) is 103 cm³/mol. The fraction of sp³-hybridized carbons (Fsp3) is 0.364. The highest BCUT2D eigenvalue weighted by Crippen LogP contribution is 2.37. The van der Waals surface area contributed by atoms with Gasteiger partial charge in [-0.15, -0.1) is 0 Å². The number of carbonyl (C=O) groups is 2. The van der Waals surface area contributed by atoms with Crippen LogP contribution in [0.5, 0.6) is 0 Å². The minimum Gasteiger partial charge on any atom is -0.347 e. The largest absolute Gasteiger partial charge is 0.347 e. The maximum atomic E-state index is 12.5. The van der Waals surface area contributed by atoms with Crippen molar-refractivity contribution in [2.45, 2.75) is 33.2 Å². The molecule has 136 valence electrons. The fourth-order valence-corrected chi connectivity index (χ4v) is 3.15. The van der Waals surface area contributed by atoms with Crippen LogP contribution in [0.4, 0.5) is 0 Å². The van der Waals surface area contributed by atoms with Crippen molar-refractivity contribution in [3.8, 4) is 0 Å². The van der Waals surface area contributed by atoms with Gasteiger partial charge in [-0.3, -0.25) is 9.59 Å². The molecule has 2 aromatic rings. The van der Waals surface area contributed by atoms with Crippen LogP contribution in [0.25, 0.3) is 0 Å². The molecule has 0 heterocycles. The van der Waals surface area contributed by atoms with Gasteiger partial charge in [-0.2, -0.15) is 0 Å². The zero-order chi connectivity index (χ0) is 18.7. The molecule has 0 aliphatic heterocycles. The average Bonchev–Trinajstić information content (AvgIpc) is 3.37. The lowest BCUT2D eigenvalue weighted by molar-refractivity contribution is -0.127. The maximum absolute atomic E-state index is 12.5. The Hall–Kier alpha value is -2.62. The van der Waals surface area contributed by atoms with Gasteiger partial charge in [-0.25, -0.2) is 0 Å². The standard InChI is InChI=1S/C22H26N2O2/c1-14-9-10-18(11-15(14)2)21(17-7-5-4-6-8-17)24-20(25)13-23-22(26)19-12-16(19)3/h4-11,16,19,21H,12-13H2,1-3H3,(H,23,26)(H,24,25)/t16-,19+,21-/m0/s1. The molecule has 1 saturated carbocycles. The molecule has 0 radical (unpaired) electrons. The summed E-state index contributed by atoms with van der Waals surface area (Å²) in [5.74, 6) is 0.312. The Bertz CT molecular complexity index is 801. The van der Waals surface area contributed by atoms with E-state index in [1.807, 2.05) is 36.4 Å². The molecule has 2 amide bonds. The second-order valence-corrected chi connectivity index (χ2v) is 7.29. The lowest BCUT2D eigenvalue weighted by Crippen LogP contribution is -2.39. The van der Waals surface area contributed by atoms with E-state index in [1.54, 1.807) is 0 Å². The van der Waals surface area contributed by atoms with E-state index in [-0.39, 0.29) is 30.3 Å². The number of nitrogens with one attached hydrogen (secondary N) is 2. The molecule has 0 bridgehead atoms. The monoisotopic (exact) mass is 350 g/mol. The third-order valence-electron chi connectivity index (χ3n) is 5.17. The highest BCUT2D eigenvalue weighted by molar-refractivity contribution is 5.87. The number of hydrogen-bond acceptors (Lipinski definition) is 2. The Balaban J connectivity index is 1.72. The van der Waals surface area contributed by atoms with Crippen molar-refractivity contribution in [1.82, 2.24) is 10.6 Å². The minimum atomic E-state index is -0.236. The van der Waals surface area contributed by atoms with Crippen LogP contribution in [0.1, 0.15) is 41.6 Å². The van der Waals surface area contributed by atoms with Gasteiger partial charge in [0.2, 0.25) is 11.8 Å². The maximum Gasteiger partial charge on any atom is 0.240 e. The normalized spacial score (nSPS) is 19.5. The van der Waals surface area contributed by atoms with E-state index < -0.39 is 0 Å². The van der Waals surface area contributed by atoms with Crippen molar-refractivity contribution in [2.24, 2.45) is 11.8 Å². The van der Waals surface area contributed by atoms with E-state index >= 15 is 0 Å². The highest BCUT2D eigenvalue weighted by Gasteiger charge is 2.39. The summed E-state index contributed by atoms with van der Waals surface area (Å²) < 4.78 is 0. The van der Waals surface area contributed by atoms with Crippen LogP contribution in [-0.2, 0) is 9.59 Å². The molecule has 1 fully saturated rings. The van der Waals surface area contributed by atoms with Gasteiger partial charge < -0.3 is 10.6 Å². The van der Waals surface area contributed by atoms with E-state index in [0.717, 1.165) is 17.5 Å². The Morgan fingerprint density at radius 1 is 1.04 bits per heavy atom. The molecule has 0 saturated heterocycles. The summed E-state index contributed by atoms with van der Waals surface area (Å²) in [5, 5.41) is 5.82. The second kappa shape index (κ2) is 7.73. The molecule has 4 nitrogen and oxygen atoms in total. The molecule has 3 atom stereocenters. The van der Waals surface area contributed by atoms with Crippen molar-refractivity contribution < 1.29 is 9.59 Å². The summed E-state index contributed by atoms with van der Waals surface area (Å²) in [6.07, 6.45) is 0.919. The second-order valence-electron chi connectivity index (χ2n) is 7.29. The first-order valence-electron chi connectivity index (χ1n) is 9.15. The number of amides is 2. The van der Waals surface area contributed by atoms with E-state index in [0.29, 0.717) is 5.92 Å². The molecule has 4 heteroatoms. The first kappa shape index (κ1) is 18.2. The summed E-state index contributed by atoms with van der Waals surface area (Å²) in [6.45, 7) is 6.20. The van der Waals surface area contributed by atoms with E-state index in [2.05, 4.69) is 43.5 Å². The Labute approximate surface area is 155 Å². The van der Waals surface area contributed by atoms with Crippen molar-refractivity contribution in [2.75, 3.05) is 6.54 Å². The van der Waals surface area contributed by atoms with Crippen LogP contribution in [0, 0.1) is 25.7 Å². The fourth-order valence-electron chi connectivity index (χ4n) is 3.15. The third kappa shape index (κ3) is 4.31. The van der Waals surface area contributed by atoms with Crippen LogP contribution in [0.15, 0.2) is 48.5 Å². The summed E-state index contributed by atoms with van der Waals surface area (Å²) in [6, 6.07) is 15.9. The minimum absolute atomic E-state index is 0.0101. The van der Waals surface area contributed by atoms with Crippen LogP contribution in [-0.4, -0.2) is 18.4 Å². The molecule has 26 heavy (non-hydrogen) atoms. The first-order chi connectivity index (χ1) is 12.5. The summed E-state index contributed by atoms with van der Waals surface area (Å²) in [4.78, 5) is 24.4. The number of hydrogen-bond donors (Lipinski definition) is 2. The summed E-state index contributed by atoms with van der Waals surface area (Å²) >= 11 is 0. The smallest absolute Gasteiger partial charge is 0.240 e. The number of benzene rings is 2. The van der Waals surface area contributed by atoms with Crippen molar-refractivity contribution in [1.29, 1.82) is 0 Å². The molecular weight excluding hydrogens is 324 g/mol. The third-order valence-corrected chi connectivity index (χ3v) is 5.17. The molecule has 0 aromatic heterocycles. The highest BCUT2D eigenvalue weighted by atomic mass is 16.2. The molecular formula is C22H26N2O2. The lowest BCUT2D eigenvalue weighted by Gasteiger charge is -2.21. The van der Waals surface area contributed by atoms with Crippen molar-refractivity contribution in [3.63, 3.8) is 0 Å². The van der Waals surface area contributed by atoms with Gasteiger partial charge in [0.05, 0.1) is 12.6 Å². The van der Waals surface area contributed by atoms with Gasteiger partial charge in [0, 0.05) is 5.92 Å². The van der Waals surface area contributed by atoms with Crippen molar-refractivity contribution in [3.05, 3.63) is 70.8 Å². The molecule has 0 spiro atoms. The number of rotatable bonds is 6. The number of carbonyl (C=O) groups excluding carboxylic acids is 2. The molecule has 1 aliphatic rings. The topological polar surface area (TPSA) is 58.2 Å². The van der Waals surface area contributed by atoms with Gasteiger partial charge in [0.15, 0.2) is 0 Å². The number of aryl methyl sites for hydroxylation is 2. The van der Waals surface area contributed by atoms with Crippen LogP contribution < -0.4 is 10.6 Å². The van der Waals surface area contributed by atoms with Gasteiger partial charge in [-0.1, -0.05) is 55.5 Å². The Kier molecular flexibility index (Phi) is 5.40. The zero-order valence-corrected chi connectivity index (χ0v) is 15.6. The van der Waals surface area contributed by atoms with Gasteiger partial charge in [0.1, 0.15) is 0 Å². The van der Waals surface area contributed by atoms with Crippen LogP contribution in [0.2, 0.25) is 0 Å². The molecule has 0 unspecified atom stereocenters. The van der Waals surface area contributed by atoms with Gasteiger partial charge in [0.25, 0.3) is 0 Å².